The molecule has 0 aliphatic rings. The molecule has 0 radical (unpaired) electrons. The highest BCUT2D eigenvalue weighted by molar-refractivity contribution is 5.80. The van der Waals surface area contributed by atoms with Crippen LogP contribution >= 0.6 is 0 Å². The monoisotopic (exact) mass is 619 g/mol. The molecule has 11 heteroatoms. The number of nitrogens with one attached hydrogen (secondary N) is 1. The first-order valence-corrected chi connectivity index (χ1v) is 12.5. The Balaban J connectivity index is -0.0000000661. The first kappa shape index (κ1) is 40.9. The minimum Gasteiger partial charge on any atom is -0.461 e. The largest absolute Gasteiger partial charge is 0.461 e. The van der Waals surface area contributed by atoms with Crippen LogP contribution < -0.4 is 5.64 Å². The summed E-state index contributed by atoms with van der Waals surface area (Å²) in [7, 11) is 0. The highest BCUT2D eigenvalue weighted by atomic mass is 17.5. The van der Waals surface area contributed by atoms with Gasteiger partial charge in [0.05, 0.1) is 12.3 Å². The Labute approximate surface area is 270 Å². The van der Waals surface area contributed by atoms with Crippen molar-refractivity contribution in [3.8, 4) is 82.9 Å². The number of aliphatic hydroxyl groups excluding tert-OH is 1. The number of aliphatic hydroxyl groups is 1. The molecule has 0 spiro atoms. The second-order valence-electron chi connectivity index (χ2n) is 8.43. The minimum atomic E-state index is -0.688. The van der Waals surface area contributed by atoms with Crippen LogP contribution in [0.4, 0.5) is 0 Å². The Morgan fingerprint density at radius 2 is 1.32 bits per heavy atom. The molecule has 0 aliphatic carbocycles. The second-order valence-corrected chi connectivity index (χ2v) is 8.43. The predicted octanol–water partition coefficient (Wildman–Crippen LogP) is 4.80. The Morgan fingerprint density at radius 3 is 1.68 bits per heavy atom. The third-order valence-corrected chi connectivity index (χ3v) is 3.92. The standard InChI is InChI=1S/C17H24O5.C16H6.H3NO5.8H2/c1-17(2,3)22-16(20)14(9-10-18)11-15(19)21-12-13-7-5-4-6-8-13;1-3-5-7-9-11-13-15-16-14-12-10-8-6-4-2;2-4-1-5-6-3;;;;;;;;/h4-8,14,18H,9-12H2,1-3H3;1-2H3;1-3H;8*1H/t14-;;;;;;;;;;/m0........../s1. The number of carbonyl (C=O) groups excluding carboxylic acids is 2. The number of rotatable bonds is 10. The lowest BCUT2D eigenvalue weighted by Gasteiger charge is -2.23. The highest BCUT2D eigenvalue weighted by Crippen LogP contribution is 2.17. The van der Waals surface area contributed by atoms with Crippen LogP contribution in [-0.2, 0) is 40.7 Å². The number of benzene rings is 1. The Kier molecular flexibility index (Phi) is 27.3. The molecule has 246 valence electrons. The van der Waals surface area contributed by atoms with Crippen LogP contribution in [0.15, 0.2) is 30.3 Å². The van der Waals surface area contributed by atoms with Crippen molar-refractivity contribution in [1.29, 1.82) is 0 Å². The first-order valence-electron chi connectivity index (χ1n) is 12.5. The van der Waals surface area contributed by atoms with Crippen LogP contribution in [0.25, 0.3) is 0 Å². The van der Waals surface area contributed by atoms with Crippen molar-refractivity contribution in [2.24, 2.45) is 5.92 Å². The van der Waals surface area contributed by atoms with E-state index in [0.717, 1.165) is 5.56 Å². The summed E-state index contributed by atoms with van der Waals surface area (Å²) in [5.41, 5.74) is 1.54. The van der Waals surface area contributed by atoms with E-state index in [2.05, 4.69) is 97.9 Å². The molecule has 0 aromatic heterocycles. The Hall–Kier alpha value is -5.20. The summed E-state index contributed by atoms with van der Waals surface area (Å²) in [6.07, 6.45) is 0.0810. The lowest BCUT2D eigenvalue weighted by Crippen LogP contribution is -2.30. The average Bonchev–Trinajstić information content (AvgIpc) is 2.99. The van der Waals surface area contributed by atoms with Crippen molar-refractivity contribution < 1.29 is 61.1 Å². The molecule has 44 heavy (non-hydrogen) atoms. The van der Waals surface area contributed by atoms with Gasteiger partial charge in [-0.1, -0.05) is 47.2 Å². The van der Waals surface area contributed by atoms with E-state index in [-0.39, 0.29) is 37.5 Å². The van der Waals surface area contributed by atoms with Gasteiger partial charge < -0.3 is 14.6 Å². The molecule has 1 rings (SSSR count). The maximum Gasteiger partial charge on any atom is 0.310 e. The molecule has 1 atom stereocenters. The lowest BCUT2D eigenvalue weighted by atomic mass is 10.0. The van der Waals surface area contributed by atoms with E-state index >= 15 is 0 Å². The molecule has 0 saturated carbocycles. The van der Waals surface area contributed by atoms with Crippen molar-refractivity contribution in [2.45, 2.75) is 59.7 Å². The Morgan fingerprint density at radius 1 is 0.841 bits per heavy atom. The molecule has 0 bridgehead atoms. The van der Waals surface area contributed by atoms with Crippen LogP contribution in [0.2, 0.25) is 0 Å². The smallest absolute Gasteiger partial charge is 0.310 e. The third kappa shape index (κ3) is 29.8. The molecule has 0 amide bonds. The number of ether oxygens (including phenoxy) is 2. The molecule has 0 aliphatic heterocycles. The number of hydrogen-bond donors (Lipinski definition) is 4. The highest BCUT2D eigenvalue weighted by Gasteiger charge is 2.27. The van der Waals surface area contributed by atoms with Gasteiger partial charge in [0.1, 0.15) is 12.2 Å². The molecule has 1 aromatic rings. The summed E-state index contributed by atoms with van der Waals surface area (Å²) in [6.45, 7) is 8.68. The number of carbonyl (C=O) groups is 2. The first-order chi connectivity index (χ1) is 21.1. The maximum absolute atomic E-state index is 12.0. The molecular weight excluding hydrogens is 570 g/mol. The van der Waals surface area contributed by atoms with E-state index in [0.29, 0.717) is 0 Å². The van der Waals surface area contributed by atoms with Gasteiger partial charge in [-0.2, -0.15) is 0 Å². The van der Waals surface area contributed by atoms with Gasteiger partial charge in [0.25, 0.3) is 0 Å². The van der Waals surface area contributed by atoms with E-state index in [4.69, 9.17) is 25.1 Å². The molecule has 0 unspecified atom stereocenters. The quantitative estimate of drug-likeness (QED) is 0.0940. The Bertz CT molecular complexity index is 1400. The van der Waals surface area contributed by atoms with Crippen molar-refractivity contribution in [2.75, 3.05) is 6.61 Å². The van der Waals surface area contributed by atoms with Crippen molar-refractivity contribution in [1.82, 2.24) is 5.64 Å². The van der Waals surface area contributed by atoms with Gasteiger partial charge >= 0.3 is 11.9 Å². The molecule has 1 aromatic carbocycles. The topological polar surface area (TPSA) is 153 Å². The van der Waals surface area contributed by atoms with E-state index in [1.165, 1.54) is 5.64 Å². The van der Waals surface area contributed by atoms with Gasteiger partial charge in [0, 0.05) is 18.0 Å². The molecule has 0 fully saturated rings. The van der Waals surface area contributed by atoms with E-state index in [9.17, 15) is 9.59 Å². The summed E-state index contributed by atoms with van der Waals surface area (Å²) in [5, 5.41) is 26.4. The maximum atomic E-state index is 12.0. The van der Waals surface area contributed by atoms with Gasteiger partial charge in [0.15, 0.2) is 0 Å². The zero-order chi connectivity index (χ0) is 33.3. The molecular formula is C33H49NO10. The van der Waals surface area contributed by atoms with Crippen LogP contribution in [0.5, 0.6) is 0 Å². The van der Waals surface area contributed by atoms with Crippen LogP contribution in [0, 0.1) is 88.8 Å². The van der Waals surface area contributed by atoms with E-state index in [1.54, 1.807) is 34.6 Å². The third-order valence-electron chi connectivity index (χ3n) is 3.92. The van der Waals surface area contributed by atoms with Gasteiger partial charge in [-0.3, -0.25) is 9.59 Å². The fourth-order valence-corrected chi connectivity index (χ4v) is 2.31. The zero-order valence-corrected chi connectivity index (χ0v) is 25.0. The molecule has 0 heterocycles. The normalized spacial score (nSPS) is 8.91. The van der Waals surface area contributed by atoms with Crippen molar-refractivity contribution in [3.63, 3.8) is 0 Å². The van der Waals surface area contributed by atoms with Gasteiger partial charge in [0.2, 0.25) is 0 Å². The summed E-state index contributed by atoms with van der Waals surface area (Å²) in [6, 6.07) is 9.31. The minimum absolute atomic E-state index is 0. The van der Waals surface area contributed by atoms with Crippen molar-refractivity contribution >= 4 is 11.9 Å². The fourth-order valence-electron chi connectivity index (χ4n) is 2.31. The molecule has 4 N–H and O–H groups in total. The average molecular weight is 620 g/mol. The van der Waals surface area contributed by atoms with Gasteiger partial charge in [-0.05, 0) is 128 Å². The van der Waals surface area contributed by atoms with Crippen molar-refractivity contribution in [3.05, 3.63) is 35.9 Å². The SMILES string of the molecule is CC#CC#CC#CC#CC#CC#CC#CC.CC(C)(C)OC(=O)[C@@H](CCO)CC(=O)OCc1ccccc1.OONOOO.[HH].[HH].[HH].[HH].[HH].[HH].[HH].[HH]. The van der Waals surface area contributed by atoms with E-state index < -0.39 is 23.5 Å². The summed E-state index contributed by atoms with van der Waals surface area (Å²) in [5.74, 6) is 33.9. The van der Waals surface area contributed by atoms with E-state index in [1.807, 2.05) is 30.3 Å². The summed E-state index contributed by atoms with van der Waals surface area (Å²) < 4.78 is 10.4. The fraction of sp³-hybridized carbons (Fsp3) is 0.333. The van der Waals surface area contributed by atoms with Crippen LogP contribution in [-0.4, -0.2) is 39.8 Å². The molecule has 0 saturated heterocycles. The van der Waals surface area contributed by atoms with Gasteiger partial charge in [-0.15, -0.1) is 4.99 Å². The number of hydrogen-bond acceptors (Lipinski definition) is 11. The summed E-state index contributed by atoms with van der Waals surface area (Å²) >= 11 is 0. The lowest BCUT2D eigenvalue weighted by molar-refractivity contribution is -0.571. The molecule has 11 nitrogen and oxygen atoms in total. The van der Waals surface area contributed by atoms with Crippen LogP contribution in [0.1, 0.15) is 64.4 Å². The summed E-state index contributed by atoms with van der Waals surface area (Å²) in [4.78, 5) is 30.2. The zero-order valence-electron chi connectivity index (χ0n) is 25.0. The van der Waals surface area contributed by atoms with Crippen LogP contribution in [0.3, 0.4) is 0 Å². The van der Waals surface area contributed by atoms with Gasteiger partial charge in [-0.25, -0.2) is 10.5 Å². The number of esters is 2. The second kappa shape index (κ2) is 29.3. The predicted molar refractivity (Wildman–Crippen MR) is 176 cm³/mol.